The number of piperidine rings is 1. The minimum Gasteiger partial charge on any atom is -0.444 e. The molecule has 0 bridgehead atoms. The number of likely N-dealkylation sites (tertiary alicyclic amines) is 1. The van der Waals surface area contributed by atoms with Crippen molar-refractivity contribution in [2.24, 2.45) is 0 Å². The van der Waals surface area contributed by atoms with Crippen LogP contribution in [0.3, 0.4) is 0 Å². The van der Waals surface area contributed by atoms with Gasteiger partial charge >= 0.3 is 6.09 Å². The maximum Gasteiger partial charge on any atom is 0.410 e. The van der Waals surface area contributed by atoms with Crippen molar-refractivity contribution in [3.8, 4) is 0 Å². The predicted molar refractivity (Wildman–Crippen MR) is 82.0 cm³/mol. The third-order valence-electron chi connectivity index (χ3n) is 3.62. The van der Waals surface area contributed by atoms with Gasteiger partial charge in [-0.15, -0.1) is 0 Å². The Morgan fingerprint density at radius 1 is 1.35 bits per heavy atom. The first-order valence-corrected chi connectivity index (χ1v) is 7.71. The van der Waals surface area contributed by atoms with E-state index in [1.807, 2.05) is 20.8 Å². The quantitative estimate of drug-likeness (QED) is 0.838. The molecule has 1 heterocycles. The highest BCUT2D eigenvalue weighted by Crippen LogP contribution is 2.10. The minimum atomic E-state index is -0.425. The van der Waals surface area contributed by atoms with Crippen molar-refractivity contribution in [1.29, 1.82) is 0 Å². The summed E-state index contributed by atoms with van der Waals surface area (Å²) in [7, 11) is 1.79. The zero-order valence-corrected chi connectivity index (χ0v) is 13.7. The second kappa shape index (κ2) is 7.84. The molecule has 0 radical (unpaired) electrons. The molecule has 0 aromatic rings. The van der Waals surface area contributed by atoms with Crippen LogP contribution in [0.1, 0.15) is 40.5 Å². The molecular formula is C15H31N3O2. The third kappa shape index (κ3) is 6.57. The molecule has 1 amide bonds. The molecule has 5 nitrogen and oxygen atoms in total. The van der Waals surface area contributed by atoms with Crippen LogP contribution >= 0.6 is 0 Å². The van der Waals surface area contributed by atoms with E-state index >= 15 is 0 Å². The fraction of sp³-hybridized carbons (Fsp3) is 0.933. The lowest BCUT2D eigenvalue weighted by molar-refractivity contribution is 0.0298. The van der Waals surface area contributed by atoms with Crippen LogP contribution in [-0.2, 0) is 4.74 Å². The van der Waals surface area contributed by atoms with E-state index in [2.05, 4.69) is 17.1 Å². The topological polar surface area (TPSA) is 44.8 Å². The Hall–Kier alpha value is -0.810. The lowest BCUT2D eigenvalue weighted by Gasteiger charge is -2.32. The Balaban J connectivity index is 2.16. The molecule has 118 valence electrons. The molecule has 5 heteroatoms. The van der Waals surface area contributed by atoms with Gasteiger partial charge in [-0.3, -0.25) is 0 Å². The highest BCUT2D eigenvalue weighted by molar-refractivity contribution is 5.67. The van der Waals surface area contributed by atoms with Gasteiger partial charge < -0.3 is 19.9 Å². The summed E-state index contributed by atoms with van der Waals surface area (Å²) >= 11 is 0. The van der Waals surface area contributed by atoms with Crippen molar-refractivity contribution < 1.29 is 9.53 Å². The molecule has 0 aromatic carbocycles. The van der Waals surface area contributed by atoms with Gasteiger partial charge in [0.15, 0.2) is 0 Å². The van der Waals surface area contributed by atoms with Gasteiger partial charge in [0.25, 0.3) is 0 Å². The van der Waals surface area contributed by atoms with E-state index in [1.54, 1.807) is 11.9 Å². The Morgan fingerprint density at radius 2 is 1.95 bits per heavy atom. The first-order valence-electron chi connectivity index (χ1n) is 7.71. The van der Waals surface area contributed by atoms with Gasteiger partial charge in [-0.05, 0) is 53.2 Å². The van der Waals surface area contributed by atoms with Gasteiger partial charge in [0, 0.05) is 26.2 Å². The Bertz CT molecular complexity index is 294. The second-order valence-corrected chi connectivity index (χ2v) is 6.56. The number of amides is 1. The monoisotopic (exact) mass is 285 g/mol. The standard InChI is InChI=1S/C15H31N3O2/c1-6-18-10-7-13(8-11-18)16-9-12-17(5)14(19)20-15(2,3)4/h13,16H,6-12H2,1-5H3. The van der Waals surface area contributed by atoms with Crippen LogP contribution in [-0.4, -0.2) is 67.3 Å². The van der Waals surface area contributed by atoms with E-state index < -0.39 is 5.60 Å². The Morgan fingerprint density at radius 3 is 2.45 bits per heavy atom. The van der Waals surface area contributed by atoms with Crippen molar-refractivity contribution in [2.45, 2.75) is 52.2 Å². The summed E-state index contributed by atoms with van der Waals surface area (Å²) in [4.78, 5) is 15.9. The summed E-state index contributed by atoms with van der Waals surface area (Å²) < 4.78 is 5.32. The first-order chi connectivity index (χ1) is 9.31. The van der Waals surface area contributed by atoms with Gasteiger partial charge in [0.2, 0.25) is 0 Å². The van der Waals surface area contributed by atoms with Gasteiger partial charge in [0.05, 0.1) is 0 Å². The molecule has 1 N–H and O–H groups in total. The van der Waals surface area contributed by atoms with Crippen molar-refractivity contribution >= 4 is 6.09 Å². The van der Waals surface area contributed by atoms with Crippen LogP contribution in [0.4, 0.5) is 4.79 Å². The summed E-state index contributed by atoms with van der Waals surface area (Å²) in [6.45, 7) is 12.9. The molecule has 1 rings (SSSR count). The van der Waals surface area contributed by atoms with E-state index in [1.165, 1.54) is 25.9 Å². The molecule has 0 aromatic heterocycles. The maximum absolute atomic E-state index is 11.8. The number of carbonyl (C=O) groups excluding carboxylic acids is 1. The minimum absolute atomic E-state index is 0.250. The smallest absolute Gasteiger partial charge is 0.410 e. The summed E-state index contributed by atoms with van der Waals surface area (Å²) in [6, 6.07) is 0.588. The van der Waals surface area contributed by atoms with Crippen LogP contribution in [0.15, 0.2) is 0 Å². The molecule has 1 aliphatic heterocycles. The highest BCUT2D eigenvalue weighted by Gasteiger charge is 2.20. The van der Waals surface area contributed by atoms with Crippen molar-refractivity contribution in [2.75, 3.05) is 39.8 Å². The molecule has 0 aliphatic carbocycles. The number of nitrogens with zero attached hydrogens (tertiary/aromatic N) is 2. The van der Waals surface area contributed by atoms with E-state index in [-0.39, 0.29) is 6.09 Å². The maximum atomic E-state index is 11.8. The van der Waals surface area contributed by atoms with Gasteiger partial charge in [-0.1, -0.05) is 6.92 Å². The lowest BCUT2D eigenvalue weighted by atomic mass is 10.1. The van der Waals surface area contributed by atoms with Crippen LogP contribution < -0.4 is 5.32 Å². The van der Waals surface area contributed by atoms with E-state index in [0.717, 1.165) is 13.1 Å². The summed E-state index contributed by atoms with van der Waals surface area (Å²) in [6.07, 6.45) is 2.15. The van der Waals surface area contributed by atoms with Gasteiger partial charge in [-0.2, -0.15) is 0 Å². The second-order valence-electron chi connectivity index (χ2n) is 6.56. The summed E-state index contributed by atoms with van der Waals surface area (Å²) in [5.41, 5.74) is -0.425. The molecule has 1 aliphatic rings. The number of rotatable bonds is 5. The molecule has 1 saturated heterocycles. The highest BCUT2D eigenvalue weighted by atomic mass is 16.6. The van der Waals surface area contributed by atoms with Crippen LogP contribution in [0.2, 0.25) is 0 Å². The fourth-order valence-corrected chi connectivity index (χ4v) is 2.32. The van der Waals surface area contributed by atoms with E-state index in [0.29, 0.717) is 12.6 Å². The average molecular weight is 285 g/mol. The molecule has 20 heavy (non-hydrogen) atoms. The van der Waals surface area contributed by atoms with Crippen LogP contribution in [0, 0.1) is 0 Å². The number of likely N-dealkylation sites (N-methyl/N-ethyl adjacent to an activating group) is 1. The normalized spacial score (nSPS) is 18.1. The number of hydrogen-bond donors (Lipinski definition) is 1. The first kappa shape index (κ1) is 17.2. The van der Waals surface area contributed by atoms with E-state index in [4.69, 9.17) is 4.74 Å². The van der Waals surface area contributed by atoms with Crippen LogP contribution in [0.25, 0.3) is 0 Å². The van der Waals surface area contributed by atoms with Crippen molar-refractivity contribution in [3.63, 3.8) is 0 Å². The lowest BCUT2D eigenvalue weighted by Crippen LogP contribution is -2.45. The Labute approximate surface area is 123 Å². The zero-order valence-electron chi connectivity index (χ0n) is 13.7. The molecule has 0 saturated carbocycles. The predicted octanol–water partition coefficient (Wildman–Crippen LogP) is 1.93. The summed E-state index contributed by atoms with van der Waals surface area (Å²) in [5.74, 6) is 0. The number of nitrogens with one attached hydrogen (secondary N) is 1. The number of ether oxygens (including phenoxy) is 1. The molecule has 1 fully saturated rings. The van der Waals surface area contributed by atoms with Gasteiger partial charge in [0.1, 0.15) is 5.60 Å². The van der Waals surface area contributed by atoms with Crippen molar-refractivity contribution in [1.82, 2.24) is 15.1 Å². The molecular weight excluding hydrogens is 254 g/mol. The fourth-order valence-electron chi connectivity index (χ4n) is 2.32. The largest absolute Gasteiger partial charge is 0.444 e. The molecule has 0 spiro atoms. The SMILES string of the molecule is CCN1CCC(NCCN(C)C(=O)OC(C)(C)C)CC1. The van der Waals surface area contributed by atoms with Crippen LogP contribution in [0.5, 0.6) is 0 Å². The Kier molecular flexibility index (Phi) is 6.76. The number of hydrogen-bond acceptors (Lipinski definition) is 4. The average Bonchev–Trinajstić information content (AvgIpc) is 2.37. The molecule has 0 atom stereocenters. The third-order valence-corrected chi connectivity index (χ3v) is 3.62. The van der Waals surface area contributed by atoms with E-state index in [9.17, 15) is 4.79 Å². The van der Waals surface area contributed by atoms with Crippen molar-refractivity contribution in [3.05, 3.63) is 0 Å². The zero-order chi connectivity index (χ0) is 15.2. The van der Waals surface area contributed by atoms with Gasteiger partial charge in [-0.25, -0.2) is 4.79 Å². The summed E-state index contributed by atoms with van der Waals surface area (Å²) in [5, 5.41) is 3.54. The molecule has 0 unspecified atom stereocenters. The number of carbonyl (C=O) groups is 1.